The quantitative estimate of drug-likeness (QED) is 0.724. The van der Waals surface area contributed by atoms with Gasteiger partial charge in [0.15, 0.2) is 0 Å². The zero-order valence-electron chi connectivity index (χ0n) is 17.3. The molecule has 7 nitrogen and oxygen atoms in total. The van der Waals surface area contributed by atoms with Gasteiger partial charge in [-0.3, -0.25) is 9.10 Å². The molecule has 2 aromatic rings. The van der Waals surface area contributed by atoms with Crippen molar-refractivity contribution in [2.75, 3.05) is 24.2 Å². The molecule has 0 aromatic heterocycles. The lowest BCUT2D eigenvalue weighted by atomic mass is 9.89. The van der Waals surface area contributed by atoms with E-state index in [0.717, 1.165) is 16.1 Å². The van der Waals surface area contributed by atoms with Crippen molar-refractivity contribution in [3.05, 3.63) is 53.1 Å². The molecular formula is C21H25ClN2O5S. The third-order valence-electron chi connectivity index (χ3n) is 4.81. The number of benzene rings is 2. The average molecular weight is 453 g/mol. The number of ether oxygens (including phenoxy) is 2. The second kappa shape index (κ2) is 8.35. The summed E-state index contributed by atoms with van der Waals surface area (Å²) >= 11 is 6.06. The Morgan fingerprint density at radius 2 is 2.00 bits per heavy atom. The summed E-state index contributed by atoms with van der Waals surface area (Å²) < 4.78 is 37.2. The third-order valence-corrected chi connectivity index (χ3v) is 6.17. The molecule has 0 radical (unpaired) electrons. The Kier molecular flexibility index (Phi) is 6.19. The average Bonchev–Trinajstić information content (AvgIpc) is 2.64. The first-order valence-electron chi connectivity index (χ1n) is 9.39. The molecule has 0 spiro atoms. The van der Waals surface area contributed by atoms with E-state index in [1.54, 1.807) is 12.1 Å². The minimum absolute atomic E-state index is 0.204. The van der Waals surface area contributed by atoms with E-state index >= 15 is 0 Å². The summed E-state index contributed by atoms with van der Waals surface area (Å²) in [5, 5.41) is 3.29. The first-order chi connectivity index (χ1) is 14.0. The molecule has 3 rings (SSSR count). The first kappa shape index (κ1) is 22.2. The largest absolute Gasteiger partial charge is 0.495 e. The SMILES string of the molecule is COc1ccc(Cl)cc1N(CC(=O)NC1CC(C)(C)Oc2ccccc21)S(C)(=O)=O. The van der Waals surface area contributed by atoms with Gasteiger partial charge in [-0.15, -0.1) is 0 Å². The van der Waals surface area contributed by atoms with Crippen molar-refractivity contribution in [3.8, 4) is 11.5 Å². The second-order valence-electron chi connectivity index (χ2n) is 7.81. The van der Waals surface area contributed by atoms with Crippen molar-refractivity contribution < 1.29 is 22.7 Å². The number of carbonyl (C=O) groups excluding carboxylic acids is 1. The van der Waals surface area contributed by atoms with Crippen molar-refractivity contribution in [2.24, 2.45) is 0 Å². The van der Waals surface area contributed by atoms with Gasteiger partial charge < -0.3 is 14.8 Å². The van der Waals surface area contributed by atoms with Crippen LogP contribution in [-0.4, -0.2) is 39.8 Å². The van der Waals surface area contributed by atoms with E-state index < -0.39 is 28.1 Å². The maximum atomic E-state index is 12.9. The van der Waals surface area contributed by atoms with Crippen molar-refractivity contribution in [3.63, 3.8) is 0 Å². The highest BCUT2D eigenvalue weighted by molar-refractivity contribution is 7.92. The summed E-state index contributed by atoms with van der Waals surface area (Å²) in [6.45, 7) is 3.49. The number of hydrogen-bond donors (Lipinski definition) is 1. The van der Waals surface area contributed by atoms with Gasteiger partial charge in [0.2, 0.25) is 15.9 Å². The summed E-state index contributed by atoms with van der Waals surface area (Å²) in [6.07, 6.45) is 1.59. The third kappa shape index (κ3) is 4.99. The number of para-hydroxylation sites is 1. The van der Waals surface area contributed by atoms with Gasteiger partial charge in [-0.2, -0.15) is 0 Å². The van der Waals surface area contributed by atoms with Crippen molar-refractivity contribution in [1.29, 1.82) is 0 Å². The van der Waals surface area contributed by atoms with E-state index in [1.807, 2.05) is 38.1 Å². The molecule has 30 heavy (non-hydrogen) atoms. The highest BCUT2D eigenvalue weighted by atomic mass is 35.5. The van der Waals surface area contributed by atoms with E-state index in [4.69, 9.17) is 21.1 Å². The molecule has 0 saturated heterocycles. The molecule has 1 N–H and O–H groups in total. The Bertz CT molecular complexity index is 1060. The molecule has 1 unspecified atom stereocenters. The van der Waals surface area contributed by atoms with Crippen molar-refractivity contribution in [1.82, 2.24) is 5.32 Å². The van der Waals surface area contributed by atoms with Gasteiger partial charge in [-0.05, 0) is 38.1 Å². The van der Waals surface area contributed by atoms with Crippen LogP contribution < -0.4 is 19.1 Å². The van der Waals surface area contributed by atoms with E-state index in [2.05, 4.69) is 5.32 Å². The molecule has 0 bridgehead atoms. The lowest BCUT2D eigenvalue weighted by Gasteiger charge is -2.38. The minimum Gasteiger partial charge on any atom is -0.495 e. The second-order valence-corrected chi connectivity index (χ2v) is 10.2. The van der Waals surface area contributed by atoms with Crippen LogP contribution in [0, 0.1) is 0 Å². The number of rotatable bonds is 6. The predicted octanol–water partition coefficient (Wildman–Crippen LogP) is 3.53. The Balaban J connectivity index is 1.87. The van der Waals surface area contributed by atoms with Crippen molar-refractivity contribution in [2.45, 2.75) is 31.9 Å². The number of carbonyl (C=O) groups is 1. The van der Waals surface area contributed by atoms with Gasteiger partial charge in [0.25, 0.3) is 0 Å². The predicted molar refractivity (Wildman–Crippen MR) is 117 cm³/mol. The van der Waals surface area contributed by atoms with Crippen LogP contribution in [0.5, 0.6) is 11.5 Å². The standard InChI is InChI=1S/C21H25ClN2O5S/c1-21(2)12-16(15-7-5-6-8-18(15)29-21)23-20(25)13-24(30(4,26)27)17-11-14(22)9-10-19(17)28-3/h5-11,16H,12-13H2,1-4H3,(H,23,25). The fourth-order valence-corrected chi connectivity index (χ4v) is 4.56. The van der Waals surface area contributed by atoms with E-state index in [0.29, 0.717) is 22.9 Å². The zero-order valence-corrected chi connectivity index (χ0v) is 18.9. The molecule has 162 valence electrons. The number of fused-ring (bicyclic) bond motifs is 1. The number of sulfonamides is 1. The highest BCUT2D eigenvalue weighted by Gasteiger charge is 2.35. The van der Waals surface area contributed by atoms with Gasteiger partial charge in [0, 0.05) is 17.0 Å². The number of amides is 1. The van der Waals surface area contributed by atoms with Crippen LogP contribution in [0.3, 0.4) is 0 Å². The molecule has 2 aromatic carbocycles. The van der Waals surface area contributed by atoms with Crippen LogP contribution in [0.4, 0.5) is 5.69 Å². The van der Waals surface area contributed by atoms with E-state index in [-0.39, 0.29) is 11.7 Å². The van der Waals surface area contributed by atoms with Gasteiger partial charge >= 0.3 is 0 Å². The van der Waals surface area contributed by atoms with Crippen LogP contribution in [0.2, 0.25) is 5.02 Å². The normalized spacial score (nSPS) is 17.4. The van der Waals surface area contributed by atoms with Gasteiger partial charge in [0.05, 0.1) is 25.1 Å². The maximum Gasteiger partial charge on any atom is 0.241 e. The number of methoxy groups -OCH3 is 1. The van der Waals surface area contributed by atoms with Gasteiger partial charge in [-0.1, -0.05) is 29.8 Å². The number of nitrogens with one attached hydrogen (secondary N) is 1. The number of hydrogen-bond acceptors (Lipinski definition) is 5. The van der Waals surface area contributed by atoms with E-state index in [1.165, 1.54) is 13.2 Å². The molecular weight excluding hydrogens is 428 g/mol. The van der Waals surface area contributed by atoms with Gasteiger partial charge in [-0.25, -0.2) is 8.42 Å². The zero-order chi connectivity index (χ0) is 22.1. The first-order valence-corrected chi connectivity index (χ1v) is 11.6. The molecule has 0 saturated carbocycles. The lowest BCUT2D eigenvalue weighted by Crippen LogP contribution is -2.45. The molecule has 1 heterocycles. The van der Waals surface area contributed by atoms with Crippen LogP contribution in [0.1, 0.15) is 31.9 Å². The monoisotopic (exact) mass is 452 g/mol. The number of halogens is 1. The summed E-state index contributed by atoms with van der Waals surface area (Å²) in [6, 6.07) is 11.8. The van der Waals surface area contributed by atoms with E-state index in [9.17, 15) is 13.2 Å². The number of nitrogens with zero attached hydrogens (tertiary/aromatic N) is 1. The molecule has 0 fully saturated rings. The van der Waals surface area contributed by atoms with Crippen LogP contribution >= 0.6 is 11.6 Å². The highest BCUT2D eigenvalue weighted by Crippen LogP contribution is 2.39. The Morgan fingerprint density at radius 3 is 2.67 bits per heavy atom. The fourth-order valence-electron chi connectivity index (χ4n) is 3.54. The summed E-state index contributed by atoms with van der Waals surface area (Å²) in [5.41, 5.74) is 0.589. The minimum atomic E-state index is -3.78. The van der Waals surface area contributed by atoms with Gasteiger partial charge in [0.1, 0.15) is 23.6 Å². The smallest absolute Gasteiger partial charge is 0.241 e. The summed E-state index contributed by atoms with van der Waals surface area (Å²) in [7, 11) is -2.35. The molecule has 1 amide bonds. The van der Waals surface area contributed by atoms with Crippen LogP contribution in [-0.2, 0) is 14.8 Å². The lowest BCUT2D eigenvalue weighted by molar-refractivity contribution is -0.120. The Hall–Kier alpha value is -2.45. The van der Waals surface area contributed by atoms with Crippen LogP contribution in [0.25, 0.3) is 0 Å². The molecule has 1 aliphatic heterocycles. The van der Waals surface area contributed by atoms with Crippen molar-refractivity contribution >= 4 is 33.2 Å². The molecule has 1 aliphatic rings. The van der Waals surface area contributed by atoms with Crippen LogP contribution in [0.15, 0.2) is 42.5 Å². The molecule has 0 aliphatic carbocycles. The topological polar surface area (TPSA) is 84.9 Å². The maximum absolute atomic E-state index is 12.9. The summed E-state index contributed by atoms with van der Waals surface area (Å²) in [4.78, 5) is 12.9. The molecule has 1 atom stereocenters. The fraction of sp³-hybridized carbons (Fsp3) is 0.381. The summed E-state index contributed by atoms with van der Waals surface area (Å²) in [5.74, 6) is 0.561. The Labute approximate surface area is 182 Å². The molecule has 9 heteroatoms. The number of anilines is 1. The Morgan fingerprint density at radius 1 is 1.30 bits per heavy atom.